The molecule has 0 saturated carbocycles. The predicted molar refractivity (Wildman–Crippen MR) is 85.5 cm³/mol. The fourth-order valence-corrected chi connectivity index (χ4v) is 2.12. The number of fused-ring (bicyclic) bond motifs is 1. The van der Waals surface area contributed by atoms with Gasteiger partial charge in [-0.3, -0.25) is 4.79 Å². The molecule has 0 bridgehead atoms. The van der Waals surface area contributed by atoms with Crippen molar-refractivity contribution in [3.63, 3.8) is 0 Å². The number of thioether (sulfide) groups is 1. The molecule has 3 nitrogen and oxygen atoms in total. The molecule has 0 radical (unpaired) electrons. The van der Waals surface area contributed by atoms with E-state index in [1.54, 1.807) is 17.8 Å². The quantitative estimate of drug-likeness (QED) is 0.906. The average Bonchev–Trinajstić information content (AvgIpc) is 2.45. The Labute approximate surface area is 123 Å². The monoisotopic (exact) mass is 289 g/mol. The molecule has 0 aromatic heterocycles. The van der Waals surface area contributed by atoms with Gasteiger partial charge in [0.15, 0.2) is 0 Å². The highest BCUT2D eigenvalue weighted by Gasteiger charge is 2.19. The van der Waals surface area contributed by atoms with Gasteiger partial charge in [0.05, 0.1) is 5.56 Å². The van der Waals surface area contributed by atoms with E-state index in [-0.39, 0.29) is 16.4 Å². The fourth-order valence-electron chi connectivity index (χ4n) is 1.90. The Kier molecular flexibility index (Phi) is 4.23. The molecule has 1 amide bonds. The maximum Gasteiger partial charge on any atom is 0.255 e. The van der Waals surface area contributed by atoms with Crippen molar-refractivity contribution >= 4 is 28.4 Å². The summed E-state index contributed by atoms with van der Waals surface area (Å²) in [7, 11) is 0. The van der Waals surface area contributed by atoms with Gasteiger partial charge in [-0.05, 0) is 31.6 Å². The van der Waals surface area contributed by atoms with Gasteiger partial charge in [-0.1, -0.05) is 30.3 Å². The van der Waals surface area contributed by atoms with E-state index in [1.807, 2.05) is 36.6 Å². The van der Waals surface area contributed by atoms with Gasteiger partial charge in [0.2, 0.25) is 0 Å². The molecule has 2 N–H and O–H groups in total. The zero-order valence-corrected chi connectivity index (χ0v) is 12.8. The number of phenols is 1. The molecule has 4 heteroatoms. The molecule has 2 rings (SSSR count). The number of hydrogen-bond acceptors (Lipinski definition) is 3. The van der Waals surface area contributed by atoms with Gasteiger partial charge in [-0.15, -0.1) is 0 Å². The summed E-state index contributed by atoms with van der Waals surface area (Å²) in [6, 6.07) is 11.0. The number of aromatic hydroxyl groups is 1. The third-order valence-electron chi connectivity index (χ3n) is 3.37. The number of benzene rings is 2. The van der Waals surface area contributed by atoms with Gasteiger partial charge >= 0.3 is 0 Å². The average molecular weight is 289 g/mol. The van der Waals surface area contributed by atoms with Crippen LogP contribution in [0.1, 0.15) is 24.2 Å². The lowest BCUT2D eigenvalue weighted by atomic mass is 10.0. The Balaban J connectivity index is 2.25. The van der Waals surface area contributed by atoms with E-state index < -0.39 is 0 Å². The number of carbonyl (C=O) groups excluding carboxylic acids is 1. The van der Waals surface area contributed by atoms with Gasteiger partial charge in [-0.2, -0.15) is 11.8 Å². The molecule has 0 aliphatic heterocycles. The number of nitrogens with one attached hydrogen (secondary N) is 1. The Morgan fingerprint density at radius 3 is 2.65 bits per heavy atom. The Morgan fingerprint density at radius 2 is 1.95 bits per heavy atom. The maximum atomic E-state index is 12.2. The second-order valence-electron chi connectivity index (χ2n) is 5.33. The standard InChI is InChI=1S/C16H19NO2S/c1-16(2,20-3)10-17-15(19)13-9-8-11-6-4-5-7-12(11)14(13)18/h4-9,18H,10H2,1-3H3,(H,17,19). The summed E-state index contributed by atoms with van der Waals surface area (Å²) in [6.45, 7) is 4.69. The number of hydrogen-bond donors (Lipinski definition) is 2. The number of amides is 1. The summed E-state index contributed by atoms with van der Waals surface area (Å²) in [4.78, 5) is 12.2. The summed E-state index contributed by atoms with van der Waals surface area (Å²) < 4.78 is -0.0257. The highest BCUT2D eigenvalue weighted by Crippen LogP contribution is 2.28. The minimum absolute atomic E-state index is 0.0257. The third kappa shape index (κ3) is 3.07. The van der Waals surface area contributed by atoms with Crippen LogP contribution in [0.25, 0.3) is 10.8 Å². The van der Waals surface area contributed by atoms with Crippen molar-refractivity contribution in [2.45, 2.75) is 18.6 Å². The molecule has 0 saturated heterocycles. The van der Waals surface area contributed by atoms with E-state index in [4.69, 9.17) is 0 Å². The normalized spacial score (nSPS) is 11.6. The topological polar surface area (TPSA) is 49.3 Å². The molecule has 106 valence electrons. The molecule has 2 aromatic carbocycles. The van der Waals surface area contributed by atoms with Crippen LogP contribution in [-0.4, -0.2) is 28.6 Å². The molecular weight excluding hydrogens is 270 g/mol. The summed E-state index contributed by atoms with van der Waals surface area (Å²) in [5, 5.41) is 14.7. The van der Waals surface area contributed by atoms with Gasteiger partial charge in [0.1, 0.15) is 5.75 Å². The highest BCUT2D eigenvalue weighted by molar-refractivity contribution is 7.99. The van der Waals surface area contributed by atoms with Crippen LogP contribution in [0.5, 0.6) is 5.75 Å². The van der Waals surface area contributed by atoms with Crippen LogP contribution in [0, 0.1) is 0 Å². The SMILES string of the molecule is CSC(C)(C)CNC(=O)c1ccc2ccccc2c1O. The van der Waals surface area contributed by atoms with E-state index >= 15 is 0 Å². The smallest absolute Gasteiger partial charge is 0.255 e. The minimum Gasteiger partial charge on any atom is -0.506 e. The molecule has 0 atom stereocenters. The van der Waals surface area contributed by atoms with Crippen LogP contribution < -0.4 is 5.32 Å². The largest absolute Gasteiger partial charge is 0.506 e. The van der Waals surface area contributed by atoms with Crippen molar-refractivity contribution in [2.75, 3.05) is 12.8 Å². The Morgan fingerprint density at radius 1 is 1.25 bits per heavy atom. The summed E-state index contributed by atoms with van der Waals surface area (Å²) in [5.41, 5.74) is 0.320. The van der Waals surface area contributed by atoms with Crippen LogP contribution in [0.4, 0.5) is 0 Å². The summed E-state index contributed by atoms with van der Waals surface area (Å²) >= 11 is 1.69. The van der Waals surface area contributed by atoms with Crippen LogP contribution in [0.3, 0.4) is 0 Å². The lowest BCUT2D eigenvalue weighted by Crippen LogP contribution is -2.36. The van der Waals surface area contributed by atoms with Gasteiger partial charge in [-0.25, -0.2) is 0 Å². The molecule has 0 fully saturated rings. The van der Waals surface area contributed by atoms with E-state index in [0.29, 0.717) is 17.5 Å². The molecular formula is C16H19NO2S. The molecule has 2 aromatic rings. The zero-order valence-electron chi connectivity index (χ0n) is 11.9. The van der Waals surface area contributed by atoms with Crippen molar-refractivity contribution in [1.82, 2.24) is 5.32 Å². The van der Waals surface area contributed by atoms with Crippen LogP contribution in [0.2, 0.25) is 0 Å². The first-order valence-electron chi connectivity index (χ1n) is 6.49. The highest BCUT2D eigenvalue weighted by atomic mass is 32.2. The van der Waals surface area contributed by atoms with Crippen molar-refractivity contribution in [2.24, 2.45) is 0 Å². The molecule has 0 spiro atoms. The first-order chi connectivity index (χ1) is 9.44. The first-order valence-corrected chi connectivity index (χ1v) is 7.71. The van der Waals surface area contributed by atoms with Gasteiger partial charge < -0.3 is 10.4 Å². The number of carbonyl (C=O) groups is 1. The second kappa shape index (κ2) is 5.75. The van der Waals surface area contributed by atoms with Crippen LogP contribution in [-0.2, 0) is 0 Å². The fraction of sp³-hybridized carbons (Fsp3) is 0.312. The van der Waals surface area contributed by atoms with E-state index in [9.17, 15) is 9.90 Å². The Hall–Kier alpha value is -1.68. The second-order valence-corrected chi connectivity index (χ2v) is 6.84. The van der Waals surface area contributed by atoms with E-state index in [2.05, 4.69) is 19.2 Å². The van der Waals surface area contributed by atoms with Crippen LogP contribution >= 0.6 is 11.8 Å². The maximum absolute atomic E-state index is 12.2. The van der Waals surface area contributed by atoms with E-state index in [0.717, 1.165) is 5.39 Å². The summed E-state index contributed by atoms with van der Waals surface area (Å²) in [6.07, 6.45) is 2.01. The third-order valence-corrected chi connectivity index (χ3v) is 4.62. The Bertz CT molecular complexity index is 637. The lowest BCUT2D eigenvalue weighted by molar-refractivity contribution is 0.0948. The number of phenolic OH excluding ortho intramolecular Hbond substituents is 1. The lowest BCUT2D eigenvalue weighted by Gasteiger charge is -2.22. The minimum atomic E-state index is -0.240. The molecule has 0 heterocycles. The molecule has 0 aliphatic carbocycles. The van der Waals surface area contributed by atoms with Crippen molar-refractivity contribution in [3.05, 3.63) is 42.0 Å². The first kappa shape index (κ1) is 14.7. The van der Waals surface area contributed by atoms with Crippen molar-refractivity contribution < 1.29 is 9.90 Å². The molecule has 0 aliphatic rings. The van der Waals surface area contributed by atoms with Gasteiger partial charge in [0.25, 0.3) is 5.91 Å². The number of rotatable bonds is 4. The van der Waals surface area contributed by atoms with Crippen molar-refractivity contribution in [1.29, 1.82) is 0 Å². The van der Waals surface area contributed by atoms with E-state index in [1.165, 1.54) is 0 Å². The summed E-state index contributed by atoms with van der Waals surface area (Å²) in [5.74, 6) is -0.196. The predicted octanol–water partition coefficient (Wildman–Crippen LogP) is 3.42. The molecule has 20 heavy (non-hydrogen) atoms. The van der Waals surface area contributed by atoms with Gasteiger partial charge in [0, 0.05) is 16.7 Å². The molecule has 0 unspecified atom stereocenters. The van der Waals surface area contributed by atoms with Crippen molar-refractivity contribution in [3.8, 4) is 5.75 Å². The zero-order chi connectivity index (χ0) is 14.8. The van der Waals surface area contributed by atoms with Crippen LogP contribution in [0.15, 0.2) is 36.4 Å².